The summed E-state index contributed by atoms with van der Waals surface area (Å²) in [6.45, 7) is 4.19. The van der Waals surface area contributed by atoms with Crippen molar-refractivity contribution in [2.24, 2.45) is 0 Å². The molecule has 0 bridgehead atoms. The van der Waals surface area contributed by atoms with Crippen LogP contribution in [0.5, 0.6) is 0 Å². The van der Waals surface area contributed by atoms with Crippen LogP contribution in [-0.2, 0) is 23.8 Å². The van der Waals surface area contributed by atoms with Gasteiger partial charge in [0.15, 0.2) is 5.57 Å². The van der Waals surface area contributed by atoms with Crippen LogP contribution in [0.15, 0.2) is 30.0 Å². The molecule has 0 radical (unpaired) electrons. The zero-order valence-electron chi connectivity index (χ0n) is 15.6. The van der Waals surface area contributed by atoms with Crippen LogP contribution in [0.2, 0.25) is 0 Å². The molecule has 9 heteroatoms. The van der Waals surface area contributed by atoms with E-state index in [9.17, 15) is 19.5 Å². The monoisotopic (exact) mass is 390 g/mol. The minimum absolute atomic E-state index is 0.0542. The Morgan fingerprint density at radius 2 is 1.96 bits per heavy atom. The fourth-order valence-electron chi connectivity index (χ4n) is 2.91. The number of anilines is 2. The van der Waals surface area contributed by atoms with Gasteiger partial charge in [0.25, 0.3) is 5.79 Å². The molecule has 0 aliphatic carbocycles. The summed E-state index contributed by atoms with van der Waals surface area (Å²) in [5, 5.41) is 15.2. The molecule has 9 nitrogen and oxygen atoms in total. The molecule has 3 N–H and O–H groups in total. The van der Waals surface area contributed by atoms with Crippen LogP contribution in [-0.4, -0.2) is 48.1 Å². The third kappa shape index (κ3) is 4.61. The molecule has 1 aromatic rings. The van der Waals surface area contributed by atoms with Crippen molar-refractivity contribution in [3.05, 3.63) is 35.5 Å². The van der Waals surface area contributed by atoms with Gasteiger partial charge >= 0.3 is 17.9 Å². The van der Waals surface area contributed by atoms with Crippen molar-refractivity contribution in [1.29, 1.82) is 0 Å². The summed E-state index contributed by atoms with van der Waals surface area (Å²) < 4.78 is 15.6. The van der Waals surface area contributed by atoms with Gasteiger partial charge < -0.3 is 30.0 Å². The Morgan fingerprint density at radius 1 is 1.25 bits per heavy atom. The standard InChI is InChI=1S/C19H22N2O7/c1-19(2)27-17(24)13(18(25)28-19)10-21-15-8-11(16(22)23)5-6-14(15)20-9-12-4-3-7-26-12/h5-6,8,10,12,20-21H,3-4,7,9H2,1-2H3,(H,22,23). The van der Waals surface area contributed by atoms with Gasteiger partial charge in [-0.15, -0.1) is 0 Å². The Balaban J connectivity index is 1.80. The summed E-state index contributed by atoms with van der Waals surface area (Å²) in [6, 6.07) is 4.48. The maximum Gasteiger partial charge on any atom is 0.350 e. The van der Waals surface area contributed by atoms with Crippen molar-refractivity contribution in [3.8, 4) is 0 Å². The maximum atomic E-state index is 12.0. The lowest BCUT2D eigenvalue weighted by molar-refractivity contribution is -0.222. The number of carboxylic acid groups (broad SMARTS) is 1. The second-order valence-electron chi connectivity index (χ2n) is 6.96. The average molecular weight is 390 g/mol. The summed E-state index contributed by atoms with van der Waals surface area (Å²) in [6.07, 6.45) is 3.18. The van der Waals surface area contributed by atoms with Gasteiger partial charge in [0.2, 0.25) is 0 Å². The van der Waals surface area contributed by atoms with Crippen molar-refractivity contribution in [3.63, 3.8) is 0 Å². The second kappa shape index (κ2) is 7.89. The SMILES string of the molecule is CC1(C)OC(=O)C(=CNc2cc(C(=O)O)ccc2NCC2CCCO2)C(=O)O1. The normalized spacial score (nSPS) is 20.9. The molecule has 2 aliphatic rings. The molecule has 0 aromatic heterocycles. The fourth-order valence-corrected chi connectivity index (χ4v) is 2.91. The smallest absolute Gasteiger partial charge is 0.350 e. The minimum atomic E-state index is -1.33. The Labute approximate surface area is 161 Å². The van der Waals surface area contributed by atoms with E-state index in [1.807, 2.05) is 0 Å². The lowest BCUT2D eigenvalue weighted by Crippen LogP contribution is -2.42. The highest BCUT2D eigenvalue weighted by atomic mass is 16.7. The summed E-state index contributed by atoms with van der Waals surface area (Å²) in [5.41, 5.74) is 0.731. The van der Waals surface area contributed by atoms with Gasteiger partial charge in [-0.25, -0.2) is 14.4 Å². The number of hydrogen-bond donors (Lipinski definition) is 3. The number of benzene rings is 1. The number of aromatic carboxylic acids is 1. The van der Waals surface area contributed by atoms with E-state index in [0.717, 1.165) is 25.6 Å². The first-order chi connectivity index (χ1) is 13.2. The third-order valence-corrected chi connectivity index (χ3v) is 4.30. The van der Waals surface area contributed by atoms with Gasteiger partial charge in [-0.3, -0.25) is 0 Å². The van der Waals surface area contributed by atoms with Crippen LogP contribution in [0.3, 0.4) is 0 Å². The molecule has 28 heavy (non-hydrogen) atoms. The number of hydrogen-bond acceptors (Lipinski definition) is 8. The van der Waals surface area contributed by atoms with E-state index in [1.165, 1.54) is 26.0 Å². The maximum absolute atomic E-state index is 12.0. The molecule has 2 aliphatic heterocycles. The Morgan fingerprint density at radius 3 is 2.57 bits per heavy atom. The summed E-state index contributed by atoms with van der Waals surface area (Å²) in [4.78, 5) is 35.4. The predicted octanol–water partition coefficient (Wildman–Crippen LogP) is 2.11. The van der Waals surface area contributed by atoms with Crippen LogP contribution in [0.4, 0.5) is 11.4 Å². The van der Waals surface area contributed by atoms with Gasteiger partial charge in [0.05, 0.1) is 23.0 Å². The molecule has 3 rings (SSSR count). The second-order valence-corrected chi connectivity index (χ2v) is 6.96. The minimum Gasteiger partial charge on any atom is -0.478 e. The van der Waals surface area contributed by atoms with Gasteiger partial charge in [0.1, 0.15) is 0 Å². The van der Waals surface area contributed by atoms with Crippen molar-refractivity contribution in [2.75, 3.05) is 23.8 Å². The highest BCUT2D eigenvalue weighted by Crippen LogP contribution is 2.27. The molecule has 0 amide bonds. The average Bonchev–Trinajstić information content (AvgIpc) is 3.12. The molecule has 2 heterocycles. The van der Waals surface area contributed by atoms with Crippen LogP contribution >= 0.6 is 0 Å². The first-order valence-electron chi connectivity index (χ1n) is 8.91. The zero-order chi connectivity index (χ0) is 20.3. The molecule has 150 valence electrons. The first-order valence-corrected chi connectivity index (χ1v) is 8.91. The summed E-state index contributed by atoms with van der Waals surface area (Å²) in [7, 11) is 0. The van der Waals surface area contributed by atoms with Crippen molar-refractivity contribution < 1.29 is 33.7 Å². The number of rotatable bonds is 6. The van der Waals surface area contributed by atoms with Crippen LogP contribution in [0.25, 0.3) is 0 Å². The Bertz CT molecular complexity index is 804. The first kappa shape index (κ1) is 19.7. The van der Waals surface area contributed by atoms with Gasteiger partial charge in [-0.05, 0) is 31.0 Å². The molecule has 0 saturated carbocycles. The van der Waals surface area contributed by atoms with E-state index in [4.69, 9.17) is 14.2 Å². The quantitative estimate of drug-likeness (QED) is 0.381. The van der Waals surface area contributed by atoms with E-state index in [-0.39, 0.29) is 17.2 Å². The topological polar surface area (TPSA) is 123 Å². The lowest BCUT2D eigenvalue weighted by Gasteiger charge is -2.29. The number of carboxylic acids is 1. The van der Waals surface area contributed by atoms with Crippen LogP contribution in [0.1, 0.15) is 37.0 Å². The van der Waals surface area contributed by atoms with E-state index >= 15 is 0 Å². The lowest BCUT2D eigenvalue weighted by atomic mass is 10.1. The molecular formula is C19H22N2O7. The molecule has 0 spiro atoms. The number of carbonyl (C=O) groups excluding carboxylic acids is 2. The number of ether oxygens (including phenoxy) is 3. The van der Waals surface area contributed by atoms with Crippen LogP contribution < -0.4 is 10.6 Å². The van der Waals surface area contributed by atoms with Gasteiger partial charge in [-0.1, -0.05) is 0 Å². The predicted molar refractivity (Wildman–Crippen MR) is 98.8 cm³/mol. The van der Waals surface area contributed by atoms with E-state index in [1.54, 1.807) is 6.07 Å². The van der Waals surface area contributed by atoms with Crippen molar-refractivity contribution in [2.45, 2.75) is 38.6 Å². The van der Waals surface area contributed by atoms with E-state index < -0.39 is 23.7 Å². The summed E-state index contributed by atoms with van der Waals surface area (Å²) >= 11 is 0. The zero-order valence-corrected chi connectivity index (χ0v) is 15.6. The van der Waals surface area contributed by atoms with Crippen molar-refractivity contribution >= 4 is 29.3 Å². The molecule has 1 atom stereocenters. The third-order valence-electron chi connectivity index (χ3n) is 4.30. The Hall–Kier alpha value is -3.07. The Kier molecular flexibility index (Phi) is 5.55. The molecule has 2 saturated heterocycles. The van der Waals surface area contributed by atoms with Gasteiger partial charge in [0, 0.05) is 33.2 Å². The highest BCUT2D eigenvalue weighted by molar-refractivity contribution is 6.15. The number of carbonyl (C=O) groups is 3. The van der Waals surface area contributed by atoms with E-state index in [2.05, 4.69) is 10.6 Å². The number of esters is 2. The molecule has 1 unspecified atom stereocenters. The van der Waals surface area contributed by atoms with E-state index in [0.29, 0.717) is 17.9 Å². The molecular weight excluding hydrogens is 368 g/mol. The summed E-state index contributed by atoms with van der Waals surface area (Å²) in [5.74, 6) is -4.07. The molecule has 2 fully saturated rings. The molecule has 1 aromatic carbocycles. The fraction of sp³-hybridized carbons (Fsp3) is 0.421. The van der Waals surface area contributed by atoms with Crippen LogP contribution in [0, 0.1) is 0 Å². The number of cyclic esters (lactones) is 2. The highest BCUT2D eigenvalue weighted by Gasteiger charge is 2.39. The number of nitrogens with one attached hydrogen (secondary N) is 2. The van der Waals surface area contributed by atoms with Crippen molar-refractivity contribution in [1.82, 2.24) is 0 Å². The largest absolute Gasteiger partial charge is 0.478 e. The van der Waals surface area contributed by atoms with Gasteiger partial charge in [-0.2, -0.15) is 0 Å².